The minimum Gasteiger partial charge on any atom is -0.336 e. The first kappa shape index (κ1) is 30.6. The van der Waals surface area contributed by atoms with Gasteiger partial charge in [-0.15, -0.1) is 0 Å². The van der Waals surface area contributed by atoms with Crippen molar-refractivity contribution in [1.29, 1.82) is 0 Å². The molecule has 1 amide bonds. The van der Waals surface area contributed by atoms with Gasteiger partial charge in [-0.1, -0.05) is 6.07 Å². The van der Waals surface area contributed by atoms with Gasteiger partial charge < -0.3 is 9.30 Å². The number of fused-ring (bicyclic) bond motifs is 1. The van der Waals surface area contributed by atoms with E-state index in [2.05, 4.69) is 14.6 Å². The monoisotopic (exact) mass is 601 g/mol. The van der Waals surface area contributed by atoms with Crippen LogP contribution >= 0.6 is 0 Å². The Balaban J connectivity index is 1.35. The highest BCUT2D eigenvalue weighted by atomic mass is 32.2. The number of pyridine rings is 1. The van der Waals surface area contributed by atoms with E-state index >= 15 is 4.39 Å². The number of hydrogen-bond acceptors (Lipinski definition) is 5. The molecule has 0 bridgehead atoms. The Morgan fingerprint density at radius 1 is 1.14 bits per heavy atom. The predicted octanol–water partition coefficient (Wildman–Crippen LogP) is 4.99. The molecule has 1 aliphatic heterocycles. The smallest absolute Gasteiger partial charge is 0.254 e. The van der Waals surface area contributed by atoms with Crippen molar-refractivity contribution >= 4 is 21.4 Å². The molecule has 1 saturated carbocycles. The van der Waals surface area contributed by atoms with Gasteiger partial charge in [-0.2, -0.15) is 0 Å². The summed E-state index contributed by atoms with van der Waals surface area (Å²) in [5.41, 5.74) is 1.06. The predicted molar refractivity (Wildman–Crippen MR) is 160 cm³/mol. The van der Waals surface area contributed by atoms with E-state index in [9.17, 15) is 17.6 Å². The minimum absolute atomic E-state index is 0.0173. The molecule has 3 aromatic rings. The summed E-state index contributed by atoms with van der Waals surface area (Å²) in [7, 11) is -3.21. The first-order valence-corrected chi connectivity index (χ1v) is 16.6. The molecule has 42 heavy (non-hydrogen) atoms. The summed E-state index contributed by atoms with van der Waals surface area (Å²) in [5.74, 6) is -0.290. The zero-order valence-corrected chi connectivity index (χ0v) is 25.6. The number of rotatable bonds is 10. The van der Waals surface area contributed by atoms with Gasteiger partial charge in [0.25, 0.3) is 5.91 Å². The molecule has 1 saturated heterocycles. The van der Waals surface area contributed by atoms with Gasteiger partial charge in [0.2, 0.25) is 10.0 Å². The molecule has 0 atom stereocenters. The van der Waals surface area contributed by atoms with Crippen LogP contribution in [0.4, 0.5) is 8.78 Å². The maximum atomic E-state index is 16.4. The average molecular weight is 602 g/mol. The summed E-state index contributed by atoms with van der Waals surface area (Å²) in [6, 6.07) is 5.89. The van der Waals surface area contributed by atoms with Gasteiger partial charge in [0.15, 0.2) is 5.67 Å². The van der Waals surface area contributed by atoms with Gasteiger partial charge in [-0.3, -0.25) is 9.69 Å². The Hall–Kier alpha value is -2.89. The van der Waals surface area contributed by atoms with Crippen molar-refractivity contribution in [1.82, 2.24) is 23.9 Å². The second kappa shape index (κ2) is 12.0. The molecule has 0 spiro atoms. The van der Waals surface area contributed by atoms with Crippen LogP contribution in [0.1, 0.15) is 69.3 Å². The molecular weight excluding hydrogens is 560 g/mol. The molecule has 1 aromatic carbocycles. The van der Waals surface area contributed by atoms with Crippen LogP contribution < -0.4 is 4.72 Å². The number of sulfonamides is 1. The van der Waals surface area contributed by atoms with Crippen molar-refractivity contribution in [2.24, 2.45) is 5.92 Å². The Kier molecular flexibility index (Phi) is 8.74. The molecule has 0 unspecified atom stereocenters. The van der Waals surface area contributed by atoms with E-state index in [4.69, 9.17) is 0 Å². The van der Waals surface area contributed by atoms with Crippen LogP contribution in [-0.2, 0) is 15.7 Å². The van der Waals surface area contributed by atoms with Gasteiger partial charge in [0.05, 0.1) is 29.4 Å². The largest absolute Gasteiger partial charge is 0.336 e. The first-order chi connectivity index (χ1) is 19.9. The highest BCUT2D eigenvalue weighted by Crippen LogP contribution is 2.41. The van der Waals surface area contributed by atoms with Crippen molar-refractivity contribution in [3.63, 3.8) is 0 Å². The fourth-order valence-electron chi connectivity index (χ4n) is 6.46. The Morgan fingerprint density at radius 2 is 1.86 bits per heavy atom. The van der Waals surface area contributed by atoms with Gasteiger partial charge >= 0.3 is 0 Å². The van der Waals surface area contributed by atoms with E-state index < -0.39 is 21.5 Å². The lowest BCUT2D eigenvalue weighted by Gasteiger charge is -2.47. The Bertz CT molecular complexity index is 1540. The molecule has 11 heteroatoms. The van der Waals surface area contributed by atoms with E-state index in [1.165, 1.54) is 12.1 Å². The van der Waals surface area contributed by atoms with E-state index in [0.717, 1.165) is 32.2 Å². The van der Waals surface area contributed by atoms with Crippen LogP contribution in [-0.4, -0.2) is 77.5 Å². The van der Waals surface area contributed by atoms with Gasteiger partial charge in [-0.25, -0.2) is 26.9 Å². The number of carbonyl (C=O) groups excluding carboxylic acids is 1. The molecule has 3 heterocycles. The van der Waals surface area contributed by atoms with Crippen LogP contribution in [0.2, 0.25) is 0 Å². The van der Waals surface area contributed by atoms with E-state index in [1.54, 1.807) is 47.1 Å². The lowest BCUT2D eigenvalue weighted by Crippen LogP contribution is -2.58. The number of benzene rings is 1. The molecule has 1 N–H and O–H groups in total. The van der Waals surface area contributed by atoms with Crippen LogP contribution in [0.25, 0.3) is 16.6 Å². The Morgan fingerprint density at radius 3 is 2.50 bits per heavy atom. The van der Waals surface area contributed by atoms with Crippen LogP contribution in [0, 0.1) is 11.7 Å². The third kappa shape index (κ3) is 6.23. The fourth-order valence-corrected chi connectivity index (χ4v) is 7.37. The SMILES string of the molecule is CCN(C(=O)c1cc(F)ccc1-c1cc(C2(F)CN(CC3CCC(NS(=O)(=O)CC)CC3)C2)cn2cncc12)C(C)C. The molecule has 2 aliphatic rings. The number of alkyl halides is 1. The average Bonchev–Trinajstić information content (AvgIpc) is 3.41. The van der Waals surface area contributed by atoms with Crippen molar-refractivity contribution in [3.8, 4) is 11.1 Å². The lowest BCUT2D eigenvalue weighted by atomic mass is 9.82. The van der Waals surface area contributed by atoms with Crippen molar-refractivity contribution in [2.75, 3.05) is 31.9 Å². The summed E-state index contributed by atoms with van der Waals surface area (Å²) < 4.78 is 59.2. The van der Waals surface area contributed by atoms with E-state index in [1.807, 2.05) is 20.8 Å². The number of hydrogen-bond donors (Lipinski definition) is 1. The zero-order chi connectivity index (χ0) is 30.2. The van der Waals surface area contributed by atoms with Crippen LogP contribution in [0.5, 0.6) is 0 Å². The lowest BCUT2D eigenvalue weighted by molar-refractivity contribution is -0.0473. The minimum atomic E-state index is -3.21. The maximum absolute atomic E-state index is 16.4. The number of amides is 1. The summed E-state index contributed by atoms with van der Waals surface area (Å²) in [4.78, 5) is 21.6. The Labute approximate surface area is 247 Å². The van der Waals surface area contributed by atoms with E-state index in [-0.39, 0.29) is 42.4 Å². The number of nitrogens with zero attached hydrogens (tertiary/aromatic N) is 4. The van der Waals surface area contributed by atoms with Gasteiger partial charge in [0, 0.05) is 55.6 Å². The fraction of sp³-hybridized carbons (Fsp3) is 0.548. The summed E-state index contributed by atoms with van der Waals surface area (Å²) in [5, 5.41) is 0. The molecule has 8 nitrogen and oxygen atoms in total. The molecule has 228 valence electrons. The third-order valence-electron chi connectivity index (χ3n) is 8.80. The van der Waals surface area contributed by atoms with Crippen LogP contribution in [0.15, 0.2) is 43.0 Å². The normalized spacial score (nSPS) is 21.0. The van der Waals surface area contributed by atoms with Gasteiger partial charge in [0.1, 0.15) is 5.82 Å². The van der Waals surface area contributed by atoms with Gasteiger partial charge in [-0.05, 0) is 83.1 Å². The van der Waals surface area contributed by atoms with Crippen molar-refractivity contribution in [2.45, 2.75) is 71.1 Å². The second-order valence-corrected chi connectivity index (χ2v) is 14.1. The molecule has 5 rings (SSSR count). The summed E-state index contributed by atoms with van der Waals surface area (Å²) in [6.45, 7) is 9.13. The first-order valence-electron chi connectivity index (χ1n) is 14.9. The standard InChI is InChI=1S/C31H41F2N5O3S/c1-5-38(21(3)4)30(39)28-14-24(32)9-12-26(28)27-13-23(17-37-20-34-15-29(27)37)31(33)18-36(19-31)16-22-7-10-25(11-8-22)35-42(40,41)6-2/h9,12-15,17,20-22,25,35H,5-8,10-11,16,18-19H2,1-4H3. The molecule has 2 fully saturated rings. The highest BCUT2D eigenvalue weighted by Gasteiger charge is 2.46. The second-order valence-electron chi connectivity index (χ2n) is 12.1. The van der Waals surface area contributed by atoms with Crippen molar-refractivity contribution in [3.05, 3.63) is 59.9 Å². The number of aromatic nitrogens is 2. The van der Waals surface area contributed by atoms with Crippen LogP contribution in [0.3, 0.4) is 0 Å². The number of likely N-dealkylation sites (tertiary alicyclic amines) is 1. The van der Waals surface area contributed by atoms with E-state index in [0.29, 0.717) is 34.7 Å². The maximum Gasteiger partial charge on any atom is 0.254 e. The molecular formula is C31H41F2N5O3S. The molecule has 1 aliphatic carbocycles. The number of halogens is 2. The topological polar surface area (TPSA) is 87.0 Å². The van der Waals surface area contributed by atoms with Crippen molar-refractivity contribution < 1.29 is 22.0 Å². The molecule has 2 aromatic heterocycles. The number of imidazole rings is 1. The highest BCUT2D eigenvalue weighted by molar-refractivity contribution is 7.89. The third-order valence-corrected chi connectivity index (χ3v) is 10.3. The quantitative estimate of drug-likeness (QED) is 0.354. The number of carbonyl (C=O) groups is 1. The zero-order valence-electron chi connectivity index (χ0n) is 24.8. The summed E-state index contributed by atoms with van der Waals surface area (Å²) >= 11 is 0. The number of nitrogens with one attached hydrogen (secondary N) is 1. The summed E-state index contributed by atoms with van der Waals surface area (Å²) in [6.07, 6.45) is 8.45. The molecule has 0 radical (unpaired) electrons.